The van der Waals surface area contributed by atoms with Crippen LogP contribution in [0.4, 0.5) is 0 Å². The molecule has 0 saturated carbocycles. The van der Waals surface area contributed by atoms with E-state index in [0.29, 0.717) is 5.15 Å². The lowest BCUT2D eigenvalue weighted by molar-refractivity contribution is 0.410. The van der Waals surface area contributed by atoms with Gasteiger partial charge in [0.05, 0.1) is 11.7 Å². The molecule has 0 spiro atoms. The molecule has 74 valence electrons. The highest BCUT2D eigenvalue weighted by Crippen LogP contribution is 2.24. The lowest BCUT2D eigenvalue weighted by atomic mass is 10.1. The molecule has 0 atom stereocenters. The normalized spacial score (nSPS) is 12.3. The monoisotopic (exact) mass is 208 g/mol. The summed E-state index contributed by atoms with van der Waals surface area (Å²) in [4.78, 5) is 4.10. The maximum Gasteiger partial charge on any atom is 0.129 e. The Kier molecular flexibility index (Phi) is 2.04. The van der Waals surface area contributed by atoms with Gasteiger partial charge in [0.25, 0.3) is 0 Å². The molecule has 2 nitrogen and oxygen atoms in total. The maximum absolute atomic E-state index is 5.82. The van der Waals surface area contributed by atoms with Crippen molar-refractivity contribution >= 4 is 22.5 Å². The summed E-state index contributed by atoms with van der Waals surface area (Å²) >= 11 is 5.82. The van der Waals surface area contributed by atoms with Crippen molar-refractivity contribution in [2.24, 2.45) is 0 Å². The summed E-state index contributed by atoms with van der Waals surface area (Å²) in [5.41, 5.74) is 1.21. The molecule has 0 saturated heterocycles. The minimum absolute atomic E-state index is 0.0806. The van der Waals surface area contributed by atoms with E-state index in [1.54, 1.807) is 0 Å². The molecule has 0 aromatic carbocycles. The molecule has 0 aliphatic rings. The van der Waals surface area contributed by atoms with Crippen LogP contribution in [0.15, 0.2) is 24.5 Å². The number of aromatic nitrogens is 2. The second kappa shape index (κ2) is 2.99. The van der Waals surface area contributed by atoms with Crippen molar-refractivity contribution in [3.05, 3.63) is 29.7 Å². The van der Waals surface area contributed by atoms with Crippen LogP contribution in [0.5, 0.6) is 0 Å². The van der Waals surface area contributed by atoms with Gasteiger partial charge in [-0.25, -0.2) is 4.98 Å². The van der Waals surface area contributed by atoms with Crippen LogP contribution in [-0.4, -0.2) is 9.55 Å². The first-order valence-corrected chi connectivity index (χ1v) is 4.99. The molecule has 2 rings (SSSR count). The Morgan fingerprint density at radius 3 is 2.71 bits per heavy atom. The first-order chi connectivity index (χ1) is 6.48. The van der Waals surface area contributed by atoms with Gasteiger partial charge in [-0.2, -0.15) is 0 Å². The second-order valence-electron chi connectivity index (χ2n) is 4.42. The van der Waals surface area contributed by atoms with E-state index in [0.717, 1.165) is 10.9 Å². The first-order valence-electron chi connectivity index (χ1n) is 4.61. The van der Waals surface area contributed by atoms with E-state index in [4.69, 9.17) is 11.6 Å². The molecule has 0 aliphatic heterocycles. The summed E-state index contributed by atoms with van der Waals surface area (Å²) < 4.78 is 2.20. The third kappa shape index (κ3) is 1.50. The molecule has 2 heterocycles. The number of hydrogen-bond acceptors (Lipinski definition) is 1. The molecule has 2 aromatic heterocycles. The van der Waals surface area contributed by atoms with Crippen molar-refractivity contribution in [1.82, 2.24) is 9.55 Å². The maximum atomic E-state index is 5.82. The first kappa shape index (κ1) is 9.53. The highest BCUT2D eigenvalue weighted by molar-refractivity contribution is 6.30. The van der Waals surface area contributed by atoms with Gasteiger partial charge >= 0.3 is 0 Å². The van der Waals surface area contributed by atoms with Crippen LogP contribution >= 0.6 is 11.6 Å². The minimum atomic E-state index is 0.0806. The molecule has 14 heavy (non-hydrogen) atoms. The molecule has 0 radical (unpaired) electrons. The van der Waals surface area contributed by atoms with Gasteiger partial charge in [0.2, 0.25) is 0 Å². The number of nitrogens with zero attached hydrogens (tertiary/aromatic N) is 2. The lowest BCUT2D eigenvalue weighted by Gasteiger charge is -2.22. The van der Waals surface area contributed by atoms with Crippen LogP contribution in [0.3, 0.4) is 0 Å². The van der Waals surface area contributed by atoms with E-state index < -0.39 is 0 Å². The van der Waals surface area contributed by atoms with Crippen LogP contribution in [0.2, 0.25) is 5.15 Å². The van der Waals surface area contributed by atoms with E-state index in [1.165, 1.54) is 0 Å². The zero-order chi connectivity index (χ0) is 10.3. The van der Waals surface area contributed by atoms with E-state index >= 15 is 0 Å². The predicted molar refractivity (Wildman–Crippen MR) is 59.7 cm³/mol. The van der Waals surface area contributed by atoms with Crippen molar-refractivity contribution in [1.29, 1.82) is 0 Å². The fraction of sp³-hybridized carbons (Fsp3) is 0.364. The summed E-state index contributed by atoms with van der Waals surface area (Å²) in [6, 6.07) is 3.95. The molecular formula is C11H13ClN2. The number of hydrogen-bond donors (Lipinski definition) is 0. The van der Waals surface area contributed by atoms with Crippen molar-refractivity contribution in [3.8, 4) is 0 Å². The van der Waals surface area contributed by atoms with Gasteiger partial charge in [-0.05, 0) is 32.9 Å². The molecule has 0 aliphatic carbocycles. The third-order valence-corrected chi connectivity index (χ3v) is 2.47. The van der Waals surface area contributed by atoms with E-state index in [-0.39, 0.29) is 5.54 Å². The summed E-state index contributed by atoms with van der Waals surface area (Å²) in [7, 11) is 0. The molecule has 0 amide bonds. The van der Waals surface area contributed by atoms with Gasteiger partial charge in [0, 0.05) is 17.1 Å². The zero-order valence-electron chi connectivity index (χ0n) is 8.58. The fourth-order valence-corrected chi connectivity index (χ4v) is 1.76. The minimum Gasteiger partial charge on any atom is -0.341 e. The Morgan fingerprint density at radius 1 is 1.36 bits per heavy atom. The van der Waals surface area contributed by atoms with Crippen LogP contribution in [-0.2, 0) is 5.54 Å². The summed E-state index contributed by atoms with van der Waals surface area (Å²) in [6.07, 6.45) is 3.89. The Morgan fingerprint density at radius 2 is 2.07 bits per heavy atom. The smallest absolute Gasteiger partial charge is 0.129 e. The highest BCUT2D eigenvalue weighted by atomic mass is 35.5. The van der Waals surface area contributed by atoms with Crippen molar-refractivity contribution < 1.29 is 0 Å². The van der Waals surface area contributed by atoms with Gasteiger partial charge in [0.15, 0.2) is 0 Å². The van der Waals surface area contributed by atoms with E-state index in [9.17, 15) is 0 Å². The lowest BCUT2D eigenvalue weighted by Crippen LogP contribution is -2.20. The van der Waals surface area contributed by atoms with Crippen LogP contribution in [0.25, 0.3) is 10.9 Å². The third-order valence-electron chi connectivity index (χ3n) is 2.27. The van der Waals surface area contributed by atoms with Gasteiger partial charge in [-0.1, -0.05) is 11.6 Å². The number of rotatable bonds is 0. The predicted octanol–water partition coefficient (Wildman–Crippen LogP) is 3.44. The largest absolute Gasteiger partial charge is 0.341 e. The van der Waals surface area contributed by atoms with Gasteiger partial charge in [0.1, 0.15) is 5.15 Å². The zero-order valence-corrected chi connectivity index (χ0v) is 9.34. The van der Waals surface area contributed by atoms with Gasteiger partial charge in [-0.3, -0.25) is 0 Å². The molecule has 3 heteroatoms. The number of halogens is 1. The summed E-state index contributed by atoms with van der Waals surface area (Å²) in [5.74, 6) is 0. The Labute approximate surface area is 88.5 Å². The molecule has 2 aromatic rings. The number of fused-ring (bicyclic) bond motifs is 1. The Bertz CT molecular complexity index is 466. The topological polar surface area (TPSA) is 17.8 Å². The van der Waals surface area contributed by atoms with Crippen LogP contribution in [0, 0.1) is 0 Å². The Hall–Kier alpha value is -1.02. The average molecular weight is 209 g/mol. The second-order valence-corrected chi connectivity index (χ2v) is 4.81. The number of pyridine rings is 1. The van der Waals surface area contributed by atoms with Crippen LogP contribution < -0.4 is 0 Å². The van der Waals surface area contributed by atoms with Crippen molar-refractivity contribution in [2.45, 2.75) is 26.3 Å². The molecular weight excluding hydrogens is 196 g/mol. The summed E-state index contributed by atoms with van der Waals surface area (Å²) in [6.45, 7) is 6.50. The molecule has 0 fully saturated rings. The van der Waals surface area contributed by atoms with Crippen molar-refractivity contribution in [2.75, 3.05) is 0 Å². The summed E-state index contributed by atoms with van der Waals surface area (Å²) in [5, 5.41) is 1.68. The van der Waals surface area contributed by atoms with Gasteiger partial charge in [-0.15, -0.1) is 0 Å². The Balaban J connectivity index is 2.70. The van der Waals surface area contributed by atoms with Gasteiger partial charge < -0.3 is 4.57 Å². The standard InChI is InChI=1S/C11H13ClN2/c1-11(2,3)14-5-4-8-6-10(12)13-7-9(8)14/h4-7H,1-3H3. The molecule has 0 bridgehead atoms. The van der Waals surface area contributed by atoms with E-state index in [2.05, 4.69) is 42.6 Å². The molecule has 0 unspecified atom stereocenters. The molecule has 0 N–H and O–H groups in total. The highest BCUT2D eigenvalue weighted by Gasteiger charge is 2.14. The quantitative estimate of drug-likeness (QED) is 0.607. The fourth-order valence-electron chi connectivity index (χ4n) is 1.59. The average Bonchev–Trinajstić information content (AvgIpc) is 2.45. The SMILES string of the molecule is CC(C)(C)n1ccc2cc(Cl)ncc21. The van der Waals surface area contributed by atoms with E-state index in [1.807, 2.05) is 12.3 Å². The van der Waals surface area contributed by atoms with Crippen LogP contribution in [0.1, 0.15) is 20.8 Å². The van der Waals surface area contributed by atoms with Crippen molar-refractivity contribution in [3.63, 3.8) is 0 Å².